The maximum Gasteiger partial charge on any atom is 0.307 e. The summed E-state index contributed by atoms with van der Waals surface area (Å²) < 4.78 is 1.93. The molecular weight excluding hydrogens is 466 g/mol. The van der Waals surface area contributed by atoms with E-state index in [2.05, 4.69) is 51.8 Å². The third kappa shape index (κ3) is 5.61. The number of aliphatic carboxylic acids is 1. The molecule has 2 N–H and O–H groups in total. The second kappa shape index (κ2) is 10.9. The first-order valence-electron chi connectivity index (χ1n) is 12.3. The number of aromatic nitrogens is 7. The highest BCUT2D eigenvalue weighted by Gasteiger charge is 2.14. The molecule has 5 aromatic rings. The number of benzene rings is 3. The van der Waals surface area contributed by atoms with Gasteiger partial charge in [-0.15, -0.1) is 10.2 Å². The number of aromatic amines is 1. The Bertz CT molecular complexity index is 1470. The second-order valence-electron chi connectivity index (χ2n) is 8.86. The SMILES string of the molecule is CCCCc1nc(-c2ccc(CC(=O)O)cc2)n(Cc2ccc(-c3ccccc3-c3nn[nH]n3)cc2)n1. The van der Waals surface area contributed by atoms with Crippen LogP contribution in [-0.4, -0.2) is 46.5 Å². The number of rotatable bonds is 10. The molecule has 9 heteroatoms. The van der Waals surface area contributed by atoms with Crippen molar-refractivity contribution in [1.82, 2.24) is 35.4 Å². The molecule has 0 saturated heterocycles. The molecule has 3 aromatic carbocycles. The number of unbranched alkanes of at least 4 members (excludes halogenated alkanes) is 1. The van der Waals surface area contributed by atoms with Crippen molar-refractivity contribution < 1.29 is 9.90 Å². The monoisotopic (exact) mass is 493 g/mol. The smallest absolute Gasteiger partial charge is 0.307 e. The van der Waals surface area contributed by atoms with Gasteiger partial charge >= 0.3 is 5.97 Å². The quantitative estimate of drug-likeness (QED) is 0.286. The number of nitrogens with one attached hydrogen (secondary N) is 1. The second-order valence-corrected chi connectivity index (χ2v) is 8.86. The molecule has 0 aliphatic rings. The van der Waals surface area contributed by atoms with Gasteiger partial charge < -0.3 is 5.11 Å². The van der Waals surface area contributed by atoms with Gasteiger partial charge in [-0.1, -0.05) is 86.1 Å². The van der Waals surface area contributed by atoms with Crippen molar-refractivity contribution in [3.63, 3.8) is 0 Å². The summed E-state index contributed by atoms with van der Waals surface area (Å²) in [5, 5.41) is 28.3. The third-order valence-corrected chi connectivity index (χ3v) is 6.15. The van der Waals surface area contributed by atoms with Gasteiger partial charge in [0.15, 0.2) is 11.6 Å². The van der Waals surface area contributed by atoms with Gasteiger partial charge in [0.05, 0.1) is 13.0 Å². The molecule has 0 spiro atoms. The highest BCUT2D eigenvalue weighted by molar-refractivity contribution is 5.80. The molecule has 0 unspecified atom stereocenters. The van der Waals surface area contributed by atoms with Crippen LogP contribution in [0.5, 0.6) is 0 Å². The van der Waals surface area contributed by atoms with Crippen LogP contribution in [-0.2, 0) is 24.2 Å². The summed E-state index contributed by atoms with van der Waals surface area (Å²) in [7, 11) is 0. The fourth-order valence-corrected chi connectivity index (χ4v) is 4.27. The van der Waals surface area contributed by atoms with Gasteiger partial charge in [-0.05, 0) is 33.9 Å². The van der Waals surface area contributed by atoms with Gasteiger partial charge in [-0.2, -0.15) is 10.3 Å². The molecule has 186 valence electrons. The highest BCUT2D eigenvalue weighted by atomic mass is 16.4. The van der Waals surface area contributed by atoms with E-state index in [0.717, 1.165) is 64.3 Å². The number of carboxylic acid groups (broad SMARTS) is 1. The van der Waals surface area contributed by atoms with Crippen molar-refractivity contribution >= 4 is 5.97 Å². The minimum atomic E-state index is -0.846. The molecule has 0 radical (unpaired) electrons. The Morgan fingerprint density at radius 1 is 0.919 bits per heavy atom. The molecule has 37 heavy (non-hydrogen) atoms. The van der Waals surface area contributed by atoms with E-state index in [4.69, 9.17) is 15.2 Å². The molecule has 9 nitrogen and oxygen atoms in total. The number of tetrazole rings is 1. The number of H-pyrrole nitrogens is 1. The lowest BCUT2D eigenvalue weighted by atomic mass is 9.98. The first-order chi connectivity index (χ1) is 18.1. The lowest BCUT2D eigenvalue weighted by Gasteiger charge is -2.10. The number of hydrogen-bond acceptors (Lipinski definition) is 6. The predicted octanol–water partition coefficient (Wildman–Crippen LogP) is 4.81. The first kappa shape index (κ1) is 24.1. The number of nitrogens with zero attached hydrogens (tertiary/aromatic N) is 6. The Labute approximate surface area is 214 Å². The van der Waals surface area contributed by atoms with E-state index in [1.807, 2.05) is 53.2 Å². The zero-order valence-corrected chi connectivity index (χ0v) is 20.5. The Balaban J connectivity index is 1.42. The summed E-state index contributed by atoms with van der Waals surface area (Å²) in [6, 6.07) is 23.8. The Morgan fingerprint density at radius 3 is 2.30 bits per heavy atom. The van der Waals surface area contributed by atoms with Crippen molar-refractivity contribution in [3.05, 3.63) is 89.7 Å². The predicted molar refractivity (Wildman–Crippen MR) is 140 cm³/mol. The first-order valence-corrected chi connectivity index (χ1v) is 12.3. The third-order valence-electron chi connectivity index (χ3n) is 6.15. The minimum absolute atomic E-state index is 0.00306. The van der Waals surface area contributed by atoms with Crippen LogP contribution in [0.1, 0.15) is 36.7 Å². The van der Waals surface area contributed by atoms with Crippen LogP contribution < -0.4 is 0 Å². The largest absolute Gasteiger partial charge is 0.481 e. The molecule has 0 aliphatic carbocycles. The minimum Gasteiger partial charge on any atom is -0.481 e. The van der Waals surface area contributed by atoms with Gasteiger partial charge in [0.25, 0.3) is 0 Å². The molecule has 0 bridgehead atoms. The van der Waals surface area contributed by atoms with E-state index in [-0.39, 0.29) is 6.42 Å². The molecule has 0 saturated carbocycles. The van der Waals surface area contributed by atoms with Crippen molar-refractivity contribution in [2.75, 3.05) is 0 Å². The van der Waals surface area contributed by atoms with Crippen LogP contribution in [0.25, 0.3) is 33.9 Å². The number of carbonyl (C=O) groups is 1. The summed E-state index contributed by atoms with van der Waals surface area (Å²) >= 11 is 0. The number of aryl methyl sites for hydroxylation is 1. The Kier molecular flexibility index (Phi) is 7.12. The topological polar surface area (TPSA) is 122 Å². The average molecular weight is 494 g/mol. The van der Waals surface area contributed by atoms with E-state index < -0.39 is 5.97 Å². The average Bonchev–Trinajstić information content (AvgIpc) is 3.59. The van der Waals surface area contributed by atoms with Gasteiger partial charge in [0.2, 0.25) is 5.82 Å². The van der Waals surface area contributed by atoms with E-state index in [0.29, 0.717) is 12.4 Å². The van der Waals surface area contributed by atoms with Gasteiger partial charge in [0, 0.05) is 17.5 Å². The summed E-state index contributed by atoms with van der Waals surface area (Å²) in [4.78, 5) is 15.9. The summed E-state index contributed by atoms with van der Waals surface area (Å²) in [5.74, 6) is 1.30. The van der Waals surface area contributed by atoms with Crippen LogP contribution in [0.15, 0.2) is 72.8 Å². The molecule has 2 heterocycles. The van der Waals surface area contributed by atoms with Gasteiger partial charge in [-0.3, -0.25) is 4.79 Å². The zero-order valence-electron chi connectivity index (χ0n) is 20.5. The van der Waals surface area contributed by atoms with Crippen molar-refractivity contribution in [1.29, 1.82) is 0 Å². The van der Waals surface area contributed by atoms with Crippen LogP contribution in [0.3, 0.4) is 0 Å². The lowest BCUT2D eigenvalue weighted by Crippen LogP contribution is -2.05. The van der Waals surface area contributed by atoms with Crippen LogP contribution in [0.2, 0.25) is 0 Å². The van der Waals surface area contributed by atoms with E-state index >= 15 is 0 Å². The molecule has 0 amide bonds. The molecule has 2 aromatic heterocycles. The summed E-state index contributed by atoms with van der Waals surface area (Å²) in [5.41, 5.74) is 5.76. The van der Waals surface area contributed by atoms with E-state index in [1.165, 1.54) is 0 Å². The zero-order chi connectivity index (χ0) is 25.6. The number of hydrogen-bond donors (Lipinski definition) is 2. The summed E-state index contributed by atoms with van der Waals surface area (Å²) in [6.07, 6.45) is 2.91. The maximum atomic E-state index is 11.0. The molecule has 5 rings (SSSR count). The Morgan fingerprint density at radius 2 is 1.62 bits per heavy atom. The molecular formula is C28H27N7O2. The van der Waals surface area contributed by atoms with Gasteiger partial charge in [-0.25, -0.2) is 9.67 Å². The molecule has 0 aliphatic heterocycles. The van der Waals surface area contributed by atoms with Crippen LogP contribution >= 0.6 is 0 Å². The van der Waals surface area contributed by atoms with Crippen molar-refractivity contribution in [3.8, 4) is 33.9 Å². The van der Waals surface area contributed by atoms with Crippen molar-refractivity contribution in [2.45, 2.75) is 39.2 Å². The molecule has 0 fully saturated rings. The summed E-state index contributed by atoms with van der Waals surface area (Å²) in [6.45, 7) is 2.72. The molecule has 0 atom stereocenters. The lowest BCUT2D eigenvalue weighted by molar-refractivity contribution is -0.136. The Hall–Kier alpha value is -4.66. The standard InChI is InChI=1S/C28H27N7O2/c1-2-3-8-25-29-28(22-15-9-19(10-16-22)17-26(36)37)35(32-25)18-20-11-13-21(14-12-20)23-6-4-5-7-24(23)27-30-33-34-31-27/h4-7,9-16H,2-3,8,17-18H2,1H3,(H,36,37)(H,30,31,33,34). The van der Waals surface area contributed by atoms with Crippen molar-refractivity contribution in [2.24, 2.45) is 0 Å². The highest BCUT2D eigenvalue weighted by Crippen LogP contribution is 2.30. The van der Waals surface area contributed by atoms with E-state index in [1.54, 1.807) is 0 Å². The fraction of sp³-hybridized carbons (Fsp3) is 0.214. The maximum absolute atomic E-state index is 11.0. The van der Waals surface area contributed by atoms with Crippen LogP contribution in [0.4, 0.5) is 0 Å². The van der Waals surface area contributed by atoms with Crippen LogP contribution in [0, 0.1) is 0 Å². The number of carboxylic acids is 1. The van der Waals surface area contributed by atoms with Gasteiger partial charge in [0.1, 0.15) is 0 Å². The van der Waals surface area contributed by atoms with E-state index in [9.17, 15) is 4.79 Å². The normalized spacial score (nSPS) is 11.1. The fourth-order valence-electron chi connectivity index (χ4n) is 4.27.